The summed E-state index contributed by atoms with van der Waals surface area (Å²) in [6, 6.07) is 23.1. The maximum absolute atomic E-state index is 13.3. The summed E-state index contributed by atoms with van der Waals surface area (Å²) in [5.74, 6) is 1.11. The SMILES string of the molecule is O=C(c1ccccc1)N1C[C@@H](c2ccsc2)[C@@H]2CN(Cc3ccccc3)CC[C@@H]21. The molecule has 3 heterocycles. The monoisotopic (exact) mass is 402 g/mol. The van der Waals surface area contributed by atoms with Gasteiger partial charge < -0.3 is 4.90 Å². The Balaban J connectivity index is 1.39. The number of hydrogen-bond donors (Lipinski definition) is 0. The lowest BCUT2D eigenvalue weighted by atomic mass is 9.82. The lowest BCUT2D eigenvalue weighted by Crippen LogP contribution is -2.47. The van der Waals surface area contributed by atoms with Gasteiger partial charge in [-0.15, -0.1) is 0 Å². The van der Waals surface area contributed by atoms with Crippen molar-refractivity contribution in [3.63, 3.8) is 0 Å². The van der Waals surface area contributed by atoms with Crippen molar-refractivity contribution in [1.29, 1.82) is 0 Å². The molecule has 1 amide bonds. The normalized spacial score (nSPS) is 24.4. The molecule has 3 aromatic rings. The van der Waals surface area contributed by atoms with Gasteiger partial charge in [0.2, 0.25) is 0 Å². The molecule has 0 aliphatic carbocycles. The van der Waals surface area contributed by atoms with Gasteiger partial charge in [0.25, 0.3) is 5.91 Å². The standard InChI is InChI=1S/C25H26N2OS/c28-25(20-9-5-2-6-10-20)27-17-22(21-12-14-29-18-21)23-16-26(13-11-24(23)27)15-19-7-3-1-4-8-19/h1-10,12,14,18,22-24H,11,13,15-17H2/t22-,23-,24-/m0/s1. The van der Waals surface area contributed by atoms with Gasteiger partial charge in [-0.3, -0.25) is 9.69 Å². The summed E-state index contributed by atoms with van der Waals surface area (Å²) in [6.45, 7) is 3.93. The minimum Gasteiger partial charge on any atom is -0.335 e. The largest absolute Gasteiger partial charge is 0.335 e. The van der Waals surface area contributed by atoms with E-state index in [9.17, 15) is 4.79 Å². The average molecular weight is 403 g/mol. The van der Waals surface area contributed by atoms with Crippen LogP contribution >= 0.6 is 11.3 Å². The summed E-state index contributed by atoms with van der Waals surface area (Å²) < 4.78 is 0. The van der Waals surface area contributed by atoms with Crippen LogP contribution in [0.4, 0.5) is 0 Å². The molecule has 148 valence electrons. The molecule has 0 bridgehead atoms. The van der Waals surface area contributed by atoms with Crippen LogP contribution in [-0.2, 0) is 6.54 Å². The topological polar surface area (TPSA) is 23.6 Å². The summed E-state index contributed by atoms with van der Waals surface area (Å²) in [4.78, 5) is 18.0. The van der Waals surface area contributed by atoms with Crippen molar-refractivity contribution in [3.05, 3.63) is 94.2 Å². The van der Waals surface area contributed by atoms with E-state index in [4.69, 9.17) is 0 Å². The number of likely N-dealkylation sites (tertiary alicyclic amines) is 2. The maximum Gasteiger partial charge on any atom is 0.254 e. The van der Waals surface area contributed by atoms with Gasteiger partial charge in [-0.25, -0.2) is 0 Å². The number of fused-ring (bicyclic) bond motifs is 1. The zero-order chi connectivity index (χ0) is 19.6. The summed E-state index contributed by atoms with van der Waals surface area (Å²) >= 11 is 1.76. The van der Waals surface area contributed by atoms with Crippen LogP contribution in [0, 0.1) is 5.92 Å². The summed E-state index contributed by atoms with van der Waals surface area (Å²) in [7, 11) is 0. The Morgan fingerprint density at radius 3 is 2.45 bits per heavy atom. The number of benzene rings is 2. The van der Waals surface area contributed by atoms with Crippen molar-refractivity contribution in [3.8, 4) is 0 Å². The van der Waals surface area contributed by atoms with Crippen LogP contribution < -0.4 is 0 Å². The van der Waals surface area contributed by atoms with Crippen molar-refractivity contribution in [1.82, 2.24) is 9.80 Å². The molecule has 2 fully saturated rings. The fourth-order valence-electron chi connectivity index (χ4n) is 5.11. The van der Waals surface area contributed by atoms with Gasteiger partial charge in [0.05, 0.1) is 0 Å². The first kappa shape index (κ1) is 18.6. The van der Waals surface area contributed by atoms with Crippen molar-refractivity contribution in [2.45, 2.75) is 24.9 Å². The molecular weight excluding hydrogens is 376 g/mol. The quantitative estimate of drug-likeness (QED) is 0.621. The van der Waals surface area contributed by atoms with Gasteiger partial charge >= 0.3 is 0 Å². The predicted octanol–water partition coefficient (Wildman–Crippen LogP) is 4.88. The van der Waals surface area contributed by atoms with Crippen molar-refractivity contribution in [2.24, 2.45) is 5.92 Å². The Morgan fingerprint density at radius 2 is 1.72 bits per heavy atom. The molecule has 0 spiro atoms. The predicted molar refractivity (Wildman–Crippen MR) is 118 cm³/mol. The fourth-order valence-corrected chi connectivity index (χ4v) is 5.83. The zero-order valence-corrected chi connectivity index (χ0v) is 17.3. The molecule has 0 unspecified atom stereocenters. The van der Waals surface area contributed by atoms with E-state index >= 15 is 0 Å². The average Bonchev–Trinajstić information content (AvgIpc) is 3.42. The highest BCUT2D eigenvalue weighted by atomic mass is 32.1. The molecule has 0 saturated carbocycles. The Hall–Kier alpha value is -2.43. The third-order valence-corrected chi connectivity index (χ3v) is 7.22. The Labute approximate surface area is 176 Å². The lowest BCUT2D eigenvalue weighted by molar-refractivity contribution is 0.0614. The number of nitrogens with zero attached hydrogens (tertiary/aromatic N) is 2. The third-order valence-electron chi connectivity index (χ3n) is 6.52. The van der Waals surface area contributed by atoms with Crippen LogP contribution in [0.2, 0.25) is 0 Å². The Bertz CT molecular complexity index is 941. The molecular formula is C25H26N2OS. The highest BCUT2D eigenvalue weighted by Gasteiger charge is 2.47. The number of amides is 1. The van der Waals surface area contributed by atoms with Crippen LogP contribution in [0.25, 0.3) is 0 Å². The number of hydrogen-bond acceptors (Lipinski definition) is 3. The first-order chi connectivity index (χ1) is 14.3. The Morgan fingerprint density at radius 1 is 0.966 bits per heavy atom. The maximum atomic E-state index is 13.3. The van der Waals surface area contributed by atoms with E-state index in [1.165, 1.54) is 11.1 Å². The van der Waals surface area contributed by atoms with Gasteiger partial charge in [-0.2, -0.15) is 11.3 Å². The molecule has 0 radical (unpaired) electrons. The van der Waals surface area contributed by atoms with Crippen molar-refractivity contribution in [2.75, 3.05) is 19.6 Å². The van der Waals surface area contributed by atoms with Crippen LogP contribution in [0.15, 0.2) is 77.5 Å². The molecule has 2 saturated heterocycles. The molecule has 2 aliphatic heterocycles. The van der Waals surface area contributed by atoms with Crippen molar-refractivity contribution >= 4 is 17.2 Å². The van der Waals surface area contributed by atoms with E-state index in [1.807, 2.05) is 30.3 Å². The van der Waals surface area contributed by atoms with Crippen LogP contribution in [0.3, 0.4) is 0 Å². The van der Waals surface area contributed by atoms with E-state index in [0.717, 1.165) is 38.2 Å². The smallest absolute Gasteiger partial charge is 0.254 e. The number of rotatable bonds is 4. The van der Waals surface area contributed by atoms with E-state index in [1.54, 1.807) is 11.3 Å². The fraction of sp³-hybridized carbons (Fsp3) is 0.320. The van der Waals surface area contributed by atoms with Gasteiger partial charge in [0.15, 0.2) is 0 Å². The number of piperidine rings is 1. The second-order valence-corrected chi connectivity index (χ2v) is 9.01. The number of thiophene rings is 1. The van der Waals surface area contributed by atoms with Gasteiger partial charge in [0.1, 0.15) is 0 Å². The molecule has 5 rings (SSSR count). The summed E-state index contributed by atoms with van der Waals surface area (Å²) in [5.41, 5.74) is 3.58. The van der Waals surface area contributed by atoms with E-state index in [-0.39, 0.29) is 5.91 Å². The van der Waals surface area contributed by atoms with E-state index in [2.05, 4.69) is 57.0 Å². The van der Waals surface area contributed by atoms with Gasteiger partial charge in [-0.05, 0) is 46.5 Å². The van der Waals surface area contributed by atoms with Crippen LogP contribution in [0.1, 0.15) is 33.8 Å². The van der Waals surface area contributed by atoms with E-state index in [0.29, 0.717) is 17.9 Å². The Kier molecular flexibility index (Phi) is 5.21. The summed E-state index contributed by atoms with van der Waals surface area (Å²) in [5, 5.41) is 4.44. The first-order valence-corrected chi connectivity index (χ1v) is 11.4. The van der Waals surface area contributed by atoms with Crippen LogP contribution in [-0.4, -0.2) is 41.4 Å². The molecule has 4 heteroatoms. The molecule has 1 aromatic heterocycles. The van der Waals surface area contributed by atoms with E-state index < -0.39 is 0 Å². The highest BCUT2D eigenvalue weighted by Crippen LogP contribution is 2.42. The second kappa shape index (κ2) is 8.13. The molecule has 3 nitrogen and oxygen atoms in total. The molecule has 2 aliphatic rings. The molecule has 0 N–H and O–H groups in total. The molecule has 29 heavy (non-hydrogen) atoms. The molecule has 3 atom stereocenters. The summed E-state index contributed by atoms with van der Waals surface area (Å²) in [6.07, 6.45) is 1.05. The van der Waals surface area contributed by atoms with Crippen LogP contribution in [0.5, 0.6) is 0 Å². The molecule has 2 aromatic carbocycles. The zero-order valence-electron chi connectivity index (χ0n) is 16.5. The third kappa shape index (κ3) is 3.75. The first-order valence-electron chi connectivity index (χ1n) is 10.4. The number of carbonyl (C=O) groups excluding carboxylic acids is 1. The minimum atomic E-state index is 0.190. The van der Waals surface area contributed by atoms with Gasteiger partial charge in [-0.1, -0.05) is 48.5 Å². The van der Waals surface area contributed by atoms with Gasteiger partial charge in [0, 0.05) is 49.6 Å². The highest BCUT2D eigenvalue weighted by molar-refractivity contribution is 7.08. The number of carbonyl (C=O) groups is 1. The second-order valence-electron chi connectivity index (χ2n) is 8.23. The van der Waals surface area contributed by atoms with Crippen molar-refractivity contribution < 1.29 is 4.79 Å². The minimum absolute atomic E-state index is 0.190. The lowest BCUT2D eigenvalue weighted by Gasteiger charge is -2.39.